The van der Waals surface area contributed by atoms with Crippen LogP contribution in [-0.4, -0.2) is 44.3 Å². The first-order valence-corrected chi connectivity index (χ1v) is 12.7. The number of hydrogen-bond acceptors (Lipinski definition) is 6. The lowest BCUT2D eigenvalue weighted by Crippen LogP contribution is -2.11. The number of hydrogen-bond donors (Lipinski definition) is 1. The predicted octanol–water partition coefficient (Wildman–Crippen LogP) is 6.07. The van der Waals surface area contributed by atoms with Gasteiger partial charge in [0.05, 0.1) is 11.1 Å². The molecule has 208 valence electrons. The van der Waals surface area contributed by atoms with Gasteiger partial charge in [-0.1, -0.05) is 41.6 Å². The Hall–Kier alpha value is -4.90. The quantitative estimate of drug-likeness (QED) is 0.250. The van der Waals surface area contributed by atoms with Crippen molar-refractivity contribution in [1.82, 2.24) is 24.4 Å². The number of carbonyl (C=O) groups is 1. The highest BCUT2D eigenvalue weighted by molar-refractivity contribution is 6.16. The smallest absolute Gasteiger partial charge is 0.380 e. The van der Waals surface area contributed by atoms with E-state index >= 15 is 0 Å². The van der Waals surface area contributed by atoms with E-state index in [9.17, 15) is 18.0 Å². The summed E-state index contributed by atoms with van der Waals surface area (Å²) in [7, 11) is 5.81. The van der Waals surface area contributed by atoms with Crippen LogP contribution in [0, 0.1) is 0 Å². The molecule has 0 aliphatic rings. The number of halogens is 3. The number of ketones is 1. The summed E-state index contributed by atoms with van der Waals surface area (Å²) in [6.45, 7) is 0.753. The zero-order chi connectivity index (χ0) is 29.1. The number of aromatic nitrogens is 4. The monoisotopic (exact) mass is 558 g/mol. The number of anilines is 1. The van der Waals surface area contributed by atoms with Crippen molar-refractivity contribution in [2.45, 2.75) is 12.7 Å². The lowest BCUT2D eigenvalue weighted by Gasteiger charge is -2.14. The van der Waals surface area contributed by atoms with E-state index in [1.54, 1.807) is 17.8 Å². The topological polar surface area (TPSA) is 95.1 Å². The highest BCUT2D eigenvalue weighted by Gasteiger charge is 2.36. The number of nitrogens with zero attached hydrogens (tertiary/aromatic N) is 5. The van der Waals surface area contributed by atoms with Gasteiger partial charge < -0.3 is 19.7 Å². The third-order valence-electron chi connectivity index (χ3n) is 7.01. The molecule has 3 aromatic carbocycles. The molecule has 6 rings (SSSR count). The van der Waals surface area contributed by atoms with E-state index in [0.717, 1.165) is 39.5 Å². The largest absolute Gasteiger partial charge is 0.435 e. The molecule has 8 nitrogen and oxygen atoms in total. The summed E-state index contributed by atoms with van der Waals surface area (Å²) in [6, 6.07) is 19.1. The van der Waals surface area contributed by atoms with Gasteiger partial charge >= 0.3 is 6.18 Å². The fourth-order valence-corrected chi connectivity index (χ4v) is 5.11. The minimum atomic E-state index is -4.76. The Labute approximate surface area is 232 Å². The highest BCUT2D eigenvalue weighted by Crippen LogP contribution is 2.34. The number of nitrogens with two attached hydrogens (primary N) is 1. The molecule has 2 N–H and O–H groups in total. The molecule has 41 heavy (non-hydrogen) atoms. The minimum absolute atomic E-state index is 0.0786. The second-order valence-electron chi connectivity index (χ2n) is 10.2. The first kappa shape index (κ1) is 26.3. The predicted molar refractivity (Wildman–Crippen MR) is 150 cm³/mol. The molecule has 0 fully saturated rings. The van der Waals surface area contributed by atoms with Gasteiger partial charge in [-0.2, -0.15) is 18.3 Å². The van der Waals surface area contributed by atoms with Crippen LogP contribution in [0.25, 0.3) is 38.7 Å². The normalized spacial score (nSPS) is 12.2. The van der Waals surface area contributed by atoms with E-state index < -0.39 is 17.7 Å². The Bertz CT molecular complexity index is 1950. The fraction of sp³-hybridized carbons (Fsp3) is 0.167. The van der Waals surface area contributed by atoms with Crippen molar-refractivity contribution in [2.24, 2.45) is 7.05 Å². The summed E-state index contributed by atoms with van der Waals surface area (Å²) < 4.78 is 49.2. The SMILES string of the molecule is CN(C)Cc1ccccc1-c1ccc2c(C(=O)c3cc(C(F)(F)F)nn3-c3ccc4onc(N)c4c3)cn(C)c2c1. The molecule has 0 saturated carbocycles. The number of aryl methyl sites for hydroxylation is 1. The molecule has 0 atom stereocenters. The molecule has 0 unspecified atom stereocenters. The number of rotatable bonds is 6. The molecule has 11 heteroatoms. The maximum Gasteiger partial charge on any atom is 0.435 e. The van der Waals surface area contributed by atoms with Gasteiger partial charge in [-0.25, -0.2) is 4.68 Å². The van der Waals surface area contributed by atoms with Crippen LogP contribution in [0.3, 0.4) is 0 Å². The van der Waals surface area contributed by atoms with Gasteiger partial charge in [-0.3, -0.25) is 4.79 Å². The van der Waals surface area contributed by atoms with Crippen LogP contribution in [0.2, 0.25) is 0 Å². The Morgan fingerprint density at radius 1 is 1.02 bits per heavy atom. The number of alkyl halides is 3. The zero-order valence-electron chi connectivity index (χ0n) is 22.4. The van der Waals surface area contributed by atoms with Crippen LogP contribution in [-0.2, 0) is 19.8 Å². The highest BCUT2D eigenvalue weighted by atomic mass is 19.4. The van der Waals surface area contributed by atoms with Gasteiger partial charge in [0.15, 0.2) is 17.1 Å². The van der Waals surface area contributed by atoms with Gasteiger partial charge in [0.2, 0.25) is 5.78 Å². The fourth-order valence-electron chi connectivity index (χ4n) is 5.11. The van der Waals surface area contributed by atoms with E-state index in [-0.39, 0.29) is 22.8 Å². The maximum atomic E-state index is 13.9. The van der Waals surface area contributed by atoms with Crippen molar-refractivity contribution < 1.29 is 22.5 Å². The maximum absolute atomic E-state index is 13.9. The Morgan fingerprint density at radius 3 is 2.56 bits per heavy atom. The van der Waals surface area contributed by atoms with Gasteiger partial charge in [-0.15, -0.1) is 0 Å². The summed E-state index contributed by atoms with van der Waals surface area (Å²) in [5.74, 6) is -0.521. The van der Waals surface area contributed by atoms with Crippen molar-refractivity contribution in [1.29, 1.82) is 0 Å². The van der Waals surface area contributed by atoms with Crippen molar-refractivity contribution in [3.05, 3.63) is 95.4 Å². The molecule has 0 aliphatic heterocycles. The summed E-state index contributed by atoms with van der Waals surface area (Å²) in [5.41, 5.74) is 9.22. The minimum Gasteiger partial charge on any atom is -0.380 e. The first-order chi connectivity index (χ1) is 19.5. The number of nitrogen functional groups attached to an aromatic ring is 1. The van der Waals surface area contributed by atoms with Crippen molar-refractivity contribution in [3.8, 4) is 16.8 Å². The standard InChI is InChI=1S/C30H25F3N6O2/c1-37(2)15-18-6-4-5-7-20(18)17-8-10-21-23(16-38(3)24(21)12-17)28(40)25-14-27(30(31,32)33)35-39(25)19-9-11-26-22(13-19)29(34)36-41-26/h4-14,16H,15H2,1-3H3,(H2,34,36). The second-order valence-corrected chi connectivity index (χ2v) is 10.2. The Balaban J connectivity index is 1.47. The molecule has 0 amide bonds. The van der Waals surface area contributed by atoms with Crippen LogP contribution in [0.1, 0.15) is 27.3 Å². The van der Waals surface area contributed by atoms with Gasteiger partial charge in [0, 0.05) is 42.3 Å². The van der Waals surface area contributed by atoms with E-state index in [2.05, 4.69) is 21.2 Å². The average Bonchev–Trinajstić information content (AvgIpc) is 3.64. The number of benzene rings is 3. The zero-order valence-corrected chi connectivity index (χ0v) is 22.4. The van der Waals surface area contributed by atoms with E-state index in [0.29, 0.717) is 16.4 Å². The van der Waals surface area contributed by atoms with Crippen LogP contribution >= 0.6 is 0 Å². The van der Waals surface area contributed by atoms with Crippen LogP contribution in [0.5, 0.6) is 0 Å². The van der Waals surface area contributed by atoms with Crippen molar-refractivity contribution >= 4 is 33.5 Å². The lowest BCUT2D eigenvalue weighted by atomic mass is 9.97. The molecular formula is C30H25F3N6O2. The second kappa shape index (κ2) is 9.63. The molecule has 0 aliphatic carbocycles. The van der Waals surface area contributed by atoms with E-state index in [1.807, 2.05) is 50.5 Å². The summed E-state index contributed by atoms with van der Waals surface area (Å²) in [5, 5.41) is 8.46. The van der Waals surface area contributed by atoms with Gasteiger partial charge in [0.1, 0.15) is 5.69 Å². The molecule has 0 spiro atoms. The Kier molecular flexibility index (Phi) is 6.18. The lowest BCUT2D eigenvalue weighted by molar-refractivity contribution is -0.141. The molecule has 6 aromatic rings. The average molecular weight is 559 g/mol. The third-order valence-corrected chi connectivity index (χ3v) is 7.01. The number of carbonyl (C=O) groups excluding carboxylic acids is 1. The number of fused-ring (bicyclic) bond motifs is 2. The van der Waals surface area contributed by atoms with E-state index in [1.165, 1.54) is 18.2 Å². The summed E-state index contributed by atoms with van der Waals surface area (Å²) in [4.78, 5) is 16.0. The molecule has 0 radical (unpaired) electrons. The van der Waals surface area contributed by atoms with Crippen molar-refractivity contribution in [3.63, 3.8) is 0 Å². The molecule has 0 saturated heterocycles. The summed E-state index contributed by atoms with van der Waals surface area (Å²) >= 11 is 0. The molecule has 3 aromatic heterocycles. The van der Waals surface area contributed by atoms with Gasteiger partial charge in [-0.05, 0) is 55.1 Å². The first-order valence-electron chi connectivity index (χ1n) is 12.7. The van der Waals surface area contributed by atoms with Crippen LogP contribution < -0.4 is 5.73 Å². The van der Waals surface area contributed by atoms with Crippen LogP contribution in [0.4, 0.5) is 19.0 Å². The Morgan fingerprint density at radius 2 is 1.80 bits per heavy atom. The molecular weight excluding hydrogens is 533 g/mol. The summed E-state index contributed by atoms with van der Waals surface area (Å²) in [6.07, 6.45) is -3.12. The van der Waals surface area contributed by atoms with E-state index in [4.69, 9.17) is 10.3 Å². The molecule has 3 heterocycles. The molecule has 0 bridgehead atoms. The third kappa shape index (κ3) is 4.63. The van der Waals surface area contributed by atoms with Crippen molar-refractivity contribution in [2.75, 3.05) is 19.8 Å². The van der Waals surface area contributed by atoms with Gasteiger partial charge in [0.25, 0.3) is 0 Å². The van der Waals surface area contributed by atoms with Crippen LogP contribution in [0.15, 0.2) is 77.4 Å².